The molecule has 0 spiro atoms. The third kappa shape index (κ3) is 4.08. The molecule has 0 radical (unpaired) electrons. The van der Waals surface area contributed by atoms with Gasteiger partial charge in [-0.15, -0.1) is 5.10 Å². The maximum Gasteiger partial charge on any atom is 0.246 e. The number of hydrogen-bond acceptors (Lipinski definition) is 5. The van der Waals surface area contributed by atoms with Gasteiger partial charge >= 0.3 is 0 Å². The van der Waals surface area contributed by atoms with Crippen molar-refractivity contribution in [1.82, 2.24) is 19.7 Å². The van der Waals surface area contributed by atoms with Crippen LogP contribution in [-0.4, -0.2) is 26.3 Å². The minimum absolute atomic E-state index is 0.429. The quantitative estimate of drug-likeness (QED) is 0.649. The number of aromatic nitrogens is 4. The van der Waals surface area contributed by atoms with Gasteiger partial charge in [0.2, 0.25) is 5.95 Å². The Labute approximate surface area is 153 Å². The van der Waals surface area contributed by atoms with Crippen molar-refractivity contribution in [3.05, 3.63) is 60.7 Å². The summed E-state index contributed by atoms with van der Waals surface area (Å²) in [4.78, 5) is 8.96. The van der Waals surface area contributed by atoms with Crippen LogP contribution >= 0.6 is 0 Å². The summed E-state index contributed by atoms with van der Waals surface area (Å²) < 4.78 is 1.78. The molecule has 1 saturated carbocycles. The number of nitrogens with one attached hydrogen (secondary N) is 1. The second kappa shape index (κ2) is 7.66. The molecule has 6 nitrogen and oxygen atoms in total. The van der Waals surface area contributed by atoms with Crippen LogP contribution in [0.4, 0.5) is 11.6 Å². The molecule has 3 N–H and O–H groups in total. The third-order valence-corrected chi connectivity index (χ3v) is 4.80. The predicted molar refractivity (Wildman–Crippen MR) is 103 cm³/mol. The Bertz CT molecular complexity index is 840. The first kappa shape index (κ1) is 16.7. The SMILES string of the molecule is NCCC(CC1CC1)c1cc(-n2cnc(Nc3ccccc3)n2)ccn1. The molecule has 0 bridgehead atoms. The van der Waals surface area contributed by atoms with Crippen molar-refractivity contribution in [2.75, 3.05) is 11.9 Å². The molecular weight excluding hydrogens is 324 g/mol. The van der Waals surface area contributed by atoms with Gasteiger partial charge in [-0.3, -0.25) is 4.98 Å². The largest absolute Gasteiger partial charge is 0.330 e. The van der Waals surface area contributed by atoms with Crippen LogP contribution < -0.4 is 11.1 Å². The molecule has 2 aromatic heterocycles. The van der Waals surface area contributed by atoms with E-state index in [1.54, 1.807) is 11.0 Å². The summed E-state index contributed by atoms with van der Waals surface area (Å²) in [6, 6.07) is 14.0. The van der Waals surface area contributed by atoms with E-state index in [1.165, 1.54) is 19.3 Å². The van der Waals surface area contributed by atoms with Crippen molar-refractivity contribution in [3.63, 3.8) is 0 Å². The minimum Gasteiger partial charge on any atom is -0.330 e. The molecule has 6 heteroatoms. The number of nitrogens with two attached hydrogens (primary N) is 1. The maximum absolute atomic E-state index is 5.83. The van der Waals surface area contributed by atoms with Gasteiger partial charge in [-0.05, 0) is 49.6 Å². The lowest BCUT2D eigenvalue weighted by molar-refractivity contribution is 0.534. The predicted octanol–water partition coefficient (Wildman–Crippen LogP) is 3.64. The Morgan fingerprint density at radius 3 is 2.77 bits per heavy atom. The number of para-hydroxylation sites is 1. The fraction of sp³-hybridized carbons (Fsp3) is 0.350. The van der Waals surface area contributed by atoms with E-state index in [0.717, 1.165) is 29.4 Å². The molecule has 1 fully saturated rings. The van der Waals surface area contributed by atoms with Gasteiger partial charge in [0.1, 0.15) is 6.33 Å². The normalized spacial score (nSPS) is 15.0. The van der Waals surface area contributed by atoms with Gasteiger partial charge in [0, 0.05) is 23.5 Å². The zero-order valence-corrected chi connectivity index (χ0v) is 14.8. The van der Waals surface area contributed by atoms with Crippen LogP contribution in [0.2, 0.25) is 0 Å². The van der Waals surface area contributed by atoms with E-state index >= 15 is 0 Å². The van der Waals surface area contributed by atoms with Crippen LogP contribution in [0.3, 0.4) is 0 Å². The van der Waals surface area contributed by atoms with Crippen LogP contribution in [0, 0.1) is 5.92 Å². The average Bonchev–Trinajstić information content (AvgIpc) is 3.38. The summed E-state index contributed by atoms with van der Waals surface area (Å²) in [6.45, 7) is 0.692. The first-order chi connectivity index (χ1) is 12.8. The van der Waals surface area contributed by atoms with Crippen LogP contribution in [0.5, 0.6) is 0 Å². The van der Waals surface area contributed by atoms with Crippen molar-refractivity contribution in [1.29, 1.82) is 0 Å². The van der Waals surface area contributed by atoms with Gasteiger partial charge in [0.05, 0.1) is 5.69 Å². The number of benzene rings is 1. The van der Waals surface area contributed by atoms with E-state index in [2.05, 4.69) is 26.4 Å². The highest BCUT2D eigenvalue weighted by atomic mass is 15.4. The number of hydrogen-bond donors (Lipinski definition) is 2. The van der Waals surface area contributed by atoms with Crippen LogP contribution in [0.25, 0.3) is 5.69 Å². The minimum atomic E-state index is 0.429. The van der Waals surface area contributed by atoms with E-state index < -0.39 is 0 Å². The molecule has 26 heavy (non-hydrogen) atoms. The second-order valence-corrected chi connectivity index (χ2v) is 6.90. The van der Waals surface area contributed by atoms with Crippen molar-refractivity contribution < 1.29 is 0 Å². The van der Waals surface area contributed by atoms with E-state index in [0.29, 0.717) is 18.4 Å². The fourth-order valence-electron chi connectivity index (χ4n) is 3.24. The first-order valence-corrected chi connectivity index (χ1v) is 9.22. The van der Waals surface area contributed by atoms with Crippen LogP contribution in [0.1, 0.15) is 37.3 Å². The van der Waals surface area contributed by atoms with Crippen molar-refractivity contribution in [2.45, 2.75) is 31.6 Å². The summed E-state index contributed by atoms with van der Waals surface area (Å²) in [5, 5.41) is 7.75. The van der Waals surface area contributed by atoms with E-state index in [1.807, 2.05) is 42.6 Å². The highest BCUT2D eigenvalue weighted by Crippen LogP contribution is 2.39. The molecule has 4 rings (SSSR count). The number of nitrogens with zero attached hydrogens (tertiary/aromatic N) is 4. The monoisotopic (exact) mass is 348 g/mol. The highest BCUT2D eigenvalue weighted by molar-refractivity contribution is 5.52. The van der Waals surface area contributed by atoms with E-state index in [-0.39, 0.29) is 0 Å². The Morgan fingerprint density at radius 1 is 1.15 bits per heavy atom. The zero-order chi connectivity index (χ0) is 17.8. The second-order valence-electron chi connectivity index (χ2n) is 6.90. The Kier molecular flexibility index (Phi) is 4.93. The molecular formula is C20H24N6. The molecule has 134 valence electrons. The lowest BCUT2D eigenvalue weighted by Gasteiger charge is -2.16. The number of pyridine rings is 1. The lowest BCUT2D eigenvalue weighted by Crippen LogP contribution is -2.10. The van der Waals surface area contributed by atoms with Crippen molar-refractivity contribution in [2.24, 2.45) is 11.7 Å². The van der Waals surface area contributed by atoms with Gasteiger partial charge in [-0.1, -0.05) is 31.0 Å². The molecule has 0 saturated heterocycles. The Balaban J connectivity index is 1.52. The summed E-state index contributed by atoms with van der Waals surface area (Å²) in [7, 11) is 0. The standard InChI is InChI=1S/C20H24N6/c21-10-8-16(12-15-6-7-15)19-13-18(9-11-22-19)26-14-23-20(25-26)24-17-4-2-1-3-5-17/h1-5,9,11,13-16H,6-8,10,12,21H2,(H,24,25). The van der Waals surface area contributed by atoms with Gasteiger partial charge in [-0.25, -0.2) is 4.68 Å². The van der Waals surface area contributed by atoms with E-state index in [4.69, 9.17) is 5.73 Å². The third-order valence-electron chi connectivity index (χ3n) is 4.80. The van der Waals surface area contributed by atoms with Crippen LogP contribution in [0.15, 0.2) is 55.0 Å². The molecule has 2 heterocycles. The van der Waals surface area contributed by atoms with Gasteiger partial charge in [-0.2, -0.15) is 4.98 Å². The topological polar surface area (TPSA) is 81.7 Å². The molecule has 1 atom stereocenters. The molecule has 1 aliphatic rings. The van der Waals surface area contributed by atoms with Gasteiger partial charge < -0.3 is 11.1 Å². The molecule has 0 amide bonds. The van der Waals surface area contributed by atoms with Gasteiger partial charge in [0.25, 0.3) is 0 Å². The fourth-order valence-corrected chi connectivity index (χ4v) is 3.24. The van der Waals surface area contributed by atoms with Crippen molar-refractivity contribution >= 4 is 11.6 Å². The highest BCUT2D eigenvalue weighted by Gasteiger charge is 2.26. The molecule has 3 aromatic rings. The maximum atomic E-state index is 5.83. The van der Waals surface area contributed by atoms with E-state index in [9.17, 15) is 0 Å². The Hall–Kier alpha value is -2.73. The Morgan fingerprint density at radius 2 is 2.00 bits per heavy atom. The van der Waals surface area contributed by atoms with Crippen molar-refractivity contribution in [3.8, 4) is 5.69 Å². The number of rotatable bonds is 8. The zero-order valence-electron chi connectivity index (χ0n) is 14.8. The first-order valence-electron chi connectivity index (χ1n) is 9.22. The summed E-state index contributed by atoms with van der Waals surface area (Å²) in [6.07, 6.45) is 8.43. The molecule has 0 aliphatic heterocycles. The smallest absolute Gasteiger partial charge is 0.246 e. The number of anilines is 2. The molecule has 1 unspecified atom stereocenters. The average molecular weight is 348 g/mol. The summed E-state index contributed by atoms with van der Waals surface area (Å²) in [5.41, 5.74) is 8.87. The molecule has 1 aromatic carbocycles. The lowest BCUT2D eigenvalue weighted by atomic mass is 9.94. The van der Waals surface area contributed by atoms with Gasteiger partial charge in [0.15, 0.2) is 0 Å². The summed E-state index contributed by atoms with van der Waals surface area (Å²) in [5.74, 6) is 1.86. The summed E-state index contributed by atoms with van der Waals surface area (Å²) >= 11 is 0. The molecule has 1 aliphatic carbocycles. The van der Waals surface area contributed by atoms with Crippen LogP contribution in [-0.2, 0) is 0 Å².